The lowest BCUT2D eigenvalue weighted by atomic mass is 10.1. The number of hydrogen-bond donors (Lipinski definition) is 1. The Morgan fingerprint density at radius 1 is 1.50 bits per heavy atom. The third kappa shape index (κ3) is 2.37. The number of ether oxygens (including phenoxy) is 1. The molecule has 0 aliphatic rings. The van der Waals surface area contributed by atoms with Gasteiger partial charge in [-0.25, -0.2) is 4.39 Å². The first-order valence-corrected chi connectivity index (χ1v) is 6.12. The highest BCUT2D eigenvalue weighted by atomic mass is 19.1. The van der Waals surface area contributed by atoms with Crippen molar-refractivity contribution in [3.8, 4) is 5.75 Å². The second-order valence-electron chi connectivity index (χ2n) is 4.39. The third-order valence-electron chi connectivity index (χ3n) is 2.85. The predicted octanol–water partition coefficient (Wildman–Crippen LogP) is 3.52. The molecule has 0 saturated carbocycles. The number of halogens is 1. The minimum absolute atomic E-state index is 0.0432. The van der Waals surface area contributed by atoms with Gasteiger partial charge >= 0.3 is 0 Å². The van der Waals surface area contributed by atoms with Gasteiger partial charge in [-0.2, -0.15) is 0 Å². The van der Waals surface area contributed by atoms with Crippen LogP contribution >= 0.6 is 0 Å². The largest absolute Gasteiger partial charge is 0.485 e. The van der Waals surface area contributed by atoms with E-state index in [4.69, 9.17) is 10.5 Å². The molecule has 0 radical (unpaired) electrons. The first-order valence-electron chi connectivity index (χ1n) is 6.12. The molecular weight excluding hydrogens is 231 g/mol. The zero-order valence-electron chi connectivity index (χ0n) is 10.6. The summed E-state index contributed by atoms with van der Waals surface area (Å²) in [6.07, 6.45) is 3.43. The molecular formula is C14H17FN2O. The number of nitrogens with two attached hydrogens (primary N) is 1. The highest BCUT2D eigenvalue weighted by Gasteiger charge is 2.15. The van der Waals surface area contributed by atoms with Gasteiger partial charge in [0.2, 0.25) is 0 Å². The van der Waals surface area contributed by atoms with Crippen LogP contribution in [0.5, 0.6) is 5.75 Å². The Morgan fingerprint density at radius 3 is 3.00 bits per heavy atom. The second kappa shape index (κ2) is 5.21. The summed E-state index contributed by atoms with van der Waals surface area (Å²) >= 11 is 0. The van der Waals surface area contributed by atoms with E-state index < -0.39 is 5.82 Å². The van der Waals surface area contributed by atoms with Crippen molar-refractivity contribution in [2.24, 2.45) is 0 Å². The Bertz CT molecular complexity index is 557. The van der Waals surface area contributed by atoms with E-state index in [0.29, 0.717) is 11.2 Å². The number of rotatable bonds is 4. The fraction of sp³-hybridized carbons (Fsp3) is 0.357. The summed E-state index contributed by atoms with van der Waals surface area (Å²) in [4.78, 5) is 4.17. The quantitative estimate of drug-likeness (QED) is 0.842. The smallest absolute Gasteiger partial charge is 0.181 e. The van der Waals surface area contributed by atoms with E-state index >= 15 is 0 Å². The highest BCUT2D eigenvalue weighted by Crippen LogP contribution is 2.32. The fourth-order valence-corrected chi connectivity index (χ4v) is 1.99. The number of fused-ring (bicyclic) bond motifs is 1. The molecule has 0 saturated heterocycles. The van der Waals surface area contributed by atoms with Gasteiger partial charge in [0.25, 0.3) is 0 Å². The summed E-state index contributed by atoms with van der Waals surface area (Å²) in [5.41, 5.74) is 6.64. The molecule has 96 valence electrons. The van der Waals surface area contributed by atoms with Crippen LogP contribution in [0.3, 0.4) is 0 Å². The number of benzene rings is 1. The number of nitrogen functional groups attached to an aromatic ring is 1. The topological polar surface area (TPSA) is 48.1 Å². The molecule has 2 aromatic rings. The molecule has 1 aromatic heterocycles. The van der Waals surface area contributed by atoms with Gasteiger partial charge in [-0.3, -0.25) is 4.98 Å². The van der Waals surface area contributed by atoms with Gasteiger partial charge in [0.15, 0.2) is 11.6 Å². The third-order valence-corrected chi connectivity index (χ3v) is 2.85. The normalized spacial score (nSPS) is 12.6. The monoisotopic (exact) mass is 248 g/mol. The second-order valence-corrected chi connectivity index (χ2v) is 4.39. The average Bonchev–Trinajstić information content (AvgIpc) is 2.35. The van der Waals surface area contributed by atoms with E-state index in [1.807, 2.05) is 13.0 Å². The Kier molecular flexibility index (Phi) is 3.65. The molecule has 2 N–H and O–H groups in total. The van der Waals surface area contributed by atoms with Crippen LogP contribution in [-0.2, 0) is 0 Å². The maximum atomic E-state index is 13.9. The van der Waals surface area contributed by atoms with Gasteiger partial charge in [-0.15, -0.1) is 0 Å². The zero-order valence-corrected chi connectivity index (χ0v) is 10.6. The van der Waals surface area contributed by atoms with Gasteiger partial charge in [-0.05, 0) is 25.5 Å². The zero-order chi connectivity index (χ0) is 13.1. The Morgan fingerprint density at radius 2 is 2.28 bits per heavy atom. The molecule has 3 nitrogen and oxygen atoms in total. The van der Waals surface area contributed by atoms with Crippen LogP contribution < -0.4 is 10.5 Å². The molecule has 1 unspecified atom stereocenters. The van der Waals surface area contributed by atoms with Crippen molar-refractivity contribution >= 4 is 16.6 Å². The van der Waals surface area contributed by atoms with E-state index in [1.165, 1.54) is 6.07 Å². The molecule has 18 heavy (non-hydrogen) atoms. The molecule has 0 bridgehead atoms. The van der Waals surface area contributed by atoms with Crippen LogP contribution in [0.2, 0.25) is 0 Å². The lowest BCUT2D eigenvalue weighted by Crippen LogP contribution is -2.12. The molecule has 1 heterocycles. The number of pyridine rings is 1. The fourth-order valence-electron chi connectivity index (χ4n) is 1.99. The van der Waals surface area contributed by atoms with E-state index in [0.717, 1.165) is 18.2 Å². The van der Waals surface area contributed by atoms with Crippen LogP contribution in [0, 0.1) is 5.82 Å². The molecule has 2 rings (SSSR count). The SMILES string of the molecule is CCCC(C)Oc1c(F)cc(N)c2cccnc12. The maximum Gasteiger partial charge on any atom is 0.181 e. The van der Waals surface area contributed by atoms with Crippen molar-refractivity contribution in [1.29, 1.82) is 0 Å². The van der Waals surface area contributed by atoms with Crippen molar-refractivity contribution in [2.45, 2.75) is 32.8 Å². The summed E-state index contributed by atoms with van der Waals surface area (Å²) in [5, 5.41) is 0.720. The van der Waals surface area contributed by atoms with Crippen molar-refractivity contribution < 1.29 is 9.13 Å². The lowest BCUT2D eigenvalue weighted by molar-refractivity contribution is 0.203. The molecule has 0 spiro atoms. The van der Waals surface area contributed by atoms with E-state index in [1.54, 1.807) is 12.3 Å². The summed E-state index contributed by atoms with van der Waals surface area (Å²) in [6.45, 7) is 3.99. The van der Waals surface area contributed by atoms with Gasteiger partial charge in [0.05, 0.1) is 6.10 Å². The number of aromatic nitrogens is 1. The number of nitrogens with zero attached hydrogens (tertiary/aromatic N) is 1. The summed E-state index contributed by atoms with van der Waals surface area (Å²) in [7, 11) is 0. The van der Waals surface area contributed by atoms with Gasteiger partial charge in [0, 0.05) is 23.3 Å². The maximum absolute atomic E-state index is 13.9. The van der Waals surface area contributed by atoms with Gasteiger partial charge in [-0.1, -0.05) is 13.3 Å². The summed E-state index contributed by atoms with van der Waals surface area (Å²) < 4.78 is 19.6. The van der Waals surface area contributed by atoms with Crippen LogP contribution in [-0.4, -0.2) is 11.1 Å². The first-order chi connectivity index (χ1) is 8.63. The summed E-state index contributed by atoms with van der Waals surface area (Å²) in [6, 6.07) is 4.88. The molecule has 1 atom stereocenters. The predicted molar refractivity (Wildman–Crippen MR) is 71.1 cm³/mol. The van der Waals surface area contributed by atoms with Crippen molar-refractivity contribution in [2.75, 3.05) is 5.73 Å². The van der Waals surface area contributed by atoms with E-state index in [9.17, 15) is 4.39 Å². The number of hydrogen-bond acceptors (Lipinski definition) is 3. The van der Waals surface area contributed by atoms with E-state index in [2.05, 4.69) is 11.9 Å². The minimum atomic E-state index is -0.457. The average molecular weight is 248 g/mol. The van der Waals surface area contributed by atoms with Crippen LogP contribution in [0.15, 0.2) is 24.4 Å². The lowest BCUT2D eigenvalue weighted by Gasteiger charge is -2.16. The Balaban J connectivity index is 2.49. The number of anilines is 1. The molecule has 0 aliphatic heterocycles. The van der Waals surface area contributed by atoms with Crippen LogP contribution in [0.4, 0.5) is 10.1 Å². The van der Waals surface area contributed by atoms with Crippen molar-refractivity contribution in [1.82, 2.24) is 4.98 Å². The van der Waals surface area contributed by atoms with Gasteiger partial charge < -0.3 is 10.5 Å². The highest BCUT2D eigenvalue weighted by molar-refractivity contribution is 5.94. The standard InChI is InChI=1S/C14H17FN2O/c1-3-5-9(2)18-14-11(15)8-12(16)10-6-4-7-17-13(10)14/h4,6-9H,3,5,16H2,1-2H3. The Hall–Kier alpha value is -1.84. The Labute approximate surface area is 106 Å². The molecule has 1 aromatic carbocycles. The van der Waals surface area contributed by atoms with E-state index in [-0.39, 0.29) is 11.9 Å². The van der Waals surface area contributed by atoms with Crippen LogP contribution in [0.25, 0.3) is 10.9 Å². The van der Waals surface area contributed by atoms with Crippen LogP contribution in [0.1, 0.15) is 26.7 Å². The molecule has 4 heteroatoms. The molecule has 0 aliphatic carbocycles. The molecule has 0 fully saturated rings. The van der Waals surface area contributed by atoms with Crippen molar-refractivity contribution in [3.05, 3.63) is 30.2 Å². The van der Waals surface area contributed by atoms with Gasteiger partial charge in [0.1, 0.15) is 5.52 Å². The minimum Gasteiger partial charge on any atom is -0.485 e. The summed E-state index contributed by atoms with van der Waals surface area (Å²) in [5.74, 6) is -0.262. The molecule has 0 amide bonds. The van der Waals surface area contributed by atoms with Crippen molar-refractivity contribution in [3.63, 3.8) is 0 Å². The first kappa shape index (κ1) is 12.6.